The van der Waals surface area contributed by atoms with Crippen molar-refractivity contribution in [2.75, 3.05) is 7.05 Å². The Labute approximate surface area is 133 Å². The number of likely N-dealkylation sites (N-methyl/N-ethyl adjacent to an activating group) is 1. The predicted molar refractivity (Wildman–Crippen MR) is 85.4 cm³/mol. The Morgan fingerprint density at radius 1 is 1.41 bits per heavy atom. The van der Waals surface area contributed by atoms with E-state index in [0.717, 1.165) is 11.0 Å². The highest BCUT2D eigenvalue weighted by molar-refractivity contribution is 5.85. The molecule has 0 saturated heterocycles. The van der Waals surface area contributed by atoms with Crippen LogP contribution >= 0.6 is 12.4 Å². The first-order valence-corrected chi connectivity index (χ1v) is 6.83. The van der Waals surface area contributed by atoms with E-state index in [4.69, 9.17) is 4.52 Å². The largest absolute Gasteiger partial charge is 0.337 e. The Kier molecular flexibility index (Phi) is 4.99. The molecule has 7 nitrogen and oxygen atoms in total. The van der Waals surface area contributed by atoms with E-state index in [2.05, 4.69) is 20.4 Å². The zero-order chi connectivity index (χ0) is 14.8. The molecule has 0 amide bonds. The van der Waals surface area contributed by atoms with Crippen LogP contribution in [0.15, 0.2) is 33.6 Å². The molecule has 3 rings (SSSR count). The van der Waals surface area contributed by atoms with E-state index in [1.807, 2.05) is 38.2 Å². The number of nitrogens with zero attached hydrogens (tertiary/aromatic N) is 3. The van der Waals surface area contributed by atoms with Gasteiger partial charge in [-0.1, -0.05) is 17.3 Å². The van der Waals surface area contributed by atoms with E-state index in [9.17, 15) is 4.79 Å². The standard InChI is InChI=1S/C14H17N5O2.ClH/c1-9(15-2)7-12-17-13(21-18-12)8-19-11-6-4-3-5-10(11)16-14(19)20;/h3-6,9,15H,7-8H2,1-2H3,(H,16,20);1H. The van der Waals surface area contributed by atoms with Gasteiger partial charge in [0.15, 0.2) is 5.82 Å². The number of hydrogen-bond acceptors (Lipinski definition) is 5. The van der Waals surface area contributed by atoms with Gasteiger partial charge in [0.1, 0.15) is 6.54 Å². The van der Waals surface area contributed by atoms with Crippen LogP contribution in [-0.4, -0.2) is 32.8 Å². The molecule has 1 aromatic carbocycles. The molecular formula is C14H18ClN5O2. The van der Waals surface area contributed by atoms with Crippen LogP contribution in [0.25, 0.3) is 11.0 Å². The molecule has 0 fully saturated rings. The topological polar surface area (TPSA) is 88.7 Å². The van der Waals surface area contributed by atoms with Crippen molar-refractivity contribution in [3.63, 3.8) is 0 Å². The lowest BCUT2D eigenvalue weighted by atomic mass is 10.2. The van der Waals surface area contributed by atoms with Gasteiger partial charge in [0.25, 0.3) is 0 Å². The number of aromatic amines is 1. The van der Waals surface area contributed by atoms with E-state index in [1.165, 1.54) is 0 Å². The van der Waals surface area contributed by atoms with Crippen LogP contribution in [0.4, 0.5) is 0 Å². The maximum atomic E-state index is 12.0. The normalized spacial score (nSPS) is 12.3. The average Bonchev–Trinajstić information content (AvgIpc) is 3.04. The lowest BCUT2D eigenvalue weighted by Crippen LogP contribution is -2.24. The summed E-state index contributed by atoms with van der Waals surface area (Å²) in [5.41, 5.74) is 1.44. The van der Waals surface area contributed by atoms with Crippen LogP contribution in [-0.2, 0) is 13.0 Å². The minimum Gasteiger partial charge on any atom is -0.337 e. The zero-order valence-corrected chi connectivity index (χ0v) is 13.2. The second-order valence-corrected chi connectivity index (χ2v) is 5.03. The fourth-order valence-corrected chi connectivity index (χ4v) is 2.21. The third-order valence-electron chi connectivity index (χ3n) is 3.47. The van der Waals surface area contributed by atoms with Crippen molar-refractivity contribution in [2.45, 2.75) is 25.9 Å². The van der Waals surface area contributed by atoms with Gasteiger partial charge >= 0.3 is 5.69 Å². The summed E-state index contributed by atoms with van der Waals surface area (Å²) in [6, 6.07) is 7.78. The zero-order valence-electron chi connectivity index (χ0n) is 12.4. The Morgan fingerprint density at radius 3 is 2.95 bits per heavy atom. The molecule has 2 aromatic heterocycles. The van der Waals surface area contributed by atoms with Gasteiger partial charge in [-0.15, -0.1) is 12.4 Å². The van der Waals surface area contributed by atoms with Gasteiger partial charge in [0, 0.05) is 12.5 Å². The van der Waals surface area contributed by atoms with Crippen LogP contribution < -0.4 is 11.0 Å². The number of hydrogen-bond donors (Lipinski definition) is 2. The first-order valence-electron chi connectivity index (χ1n) is 6.83. The second-order valence-electron chi connectivity index (χ2n) is 5.03. The third kappa shape index (κ3) is 3.20. The monoisotopic (exact) mass is 323 g/mol. The van der Waals surface area contributed by atoms with Crippen molar-refractivity contribution in [3.8, 4) is 0 Å². The summed E-state index contributed by atoms with van der Waals surface area (Å²) in [7, 11) is 1.89. The number of H-pyrrole nitrogens is 1. The average molecular weight is 324 g/mol. The predicted octanol–water partition coefficient (Wildman–Crippen LogP) is 1.33. The van der Waals surface area contributed by atoms with Crippen molar-refractivity contribution in [1.82, 2.24) is 25.0 Å². The molecule has 0 spiro atoms. The van der Waals surface area contributed by atoms with Gasteiger partial charge in [-0.3, -0.25) is 4.57 Å². The van der Waals surface area contributed by atoms with Crippen molar-refractivity contribution < 1.29 is 4.52 Å². The number of halogens is 1. The SMILES string of the molecule is CNC(C)Cc1noc(Cn2c(=O)[nH]c3ccccc32)n1.Cl. The lowest BCUT2D eigenvalue weighted by Gasteiger charge is -2.04. The molecule has 0 aliphatic rings. The van der Waals surface area contributed by atoms with E-state index >= 15 is 0 Å². The molecule has 1 unspecified atom stereocenters. The van der Waals surface area contributed by atoms with Crippen LogP contribution in [0.5, 0.6) is 0 Å². The van der Waals surface area contributed by atoms with Gasteiger partial charge < -0.3 is 14.8 Å². The summed E-state index contributed by atoms with van der Waals surface area (Å²) in [5.74, 6) is 1.07. The van der Waals surface area contributed by atoms with Gasteiger partial charge in [0.05, 0.1) is 11.0 Å². The summed E-state index contributed by atoms with van der Waals surface area (Å²) in [4.78, 5) is 19.1. The third-order valence-corrected chi connectivity index (χ3v) is 3.47. The number of benzene rings is 1. The van der Waals surface area contributed by atoms with Crippen molar-refractivity contribution in [2.24, 2.45) is 0 Å². The highest BCUT2D eigenvalue weighted by Gasteiger charge is 2.13. The Morgan fingerprint density at radius 2 is 2.18 bits per heavy atom. The molecule has 8 heteroatoms. The number of rotatable bonds is 5. The first kappa shape index (κ1) is 16.3. The molecule has 0 saturated carbocycles. The summed E-state index contributed by atoms with van der Waals surface area (Å²) < 4.78 is 6.82. The molecule has 2 heterocycles. The van der Waals surface area contributed by atoms with Crippen LogP contribution in [0.3, 0.4) is 0 Å². The maximum absolute atomic E-state index is 12.0. The summed E-state index contributed by atoms with van der Waals surface area (Å²) in [6.45, 7) is 2.31. The quantitative estimate of drug-likeness (QED) is 0.739. The van der Waals surface area contributed by atoms with Crippen LogP contribution in [0.2, 0.25) is 0 Å². The molecule has 0 radical (unpaired) electrons. The minimum atomic E-state index is -0.181. The van der Waals surface area contributed by atoms with Crippen LogP contribution in [0.1, 0.15) is 18.6 Å². The molecule has 118 valence electrons. The number of aromatic nitrogens is 4. The summed E-state index contributed by atoms with van der Waals surface area (Å²) >= 11 is 0. The number of para-hydroxylation sites is 2. The summed E-state index contributed by atoms with van der Waals surface area (Å²) in [6.07, 6.45) is 0.683. The lowest BCUT2D eigenvalue weighted by molar-refractivity contribution is 0.364. The molecule has 22 heavy (non-hydrogen) atoms. The highest BCUT2D eigenvalue weighted by Crippen LogP contribution is 2.11. The van der Waals surface area contributed by atoms with Crippen LogP contribution in [0, 0.1) is 0 Å². The maximum Gasteiger partial charge on any atom is 0.326 e. The Bertz CT molecular complexity index is 807. The Hall–Kier alpha value is -2.12. The molecule has 1 atom stereocenters. The molecule has 2 N–H and O–H groups in total. The molecule has 0 aliphatic carbocycles. The van der Waals surface area contributed by atoms with E-state index < -0.39 is 0 Å². The number of fused-ring (bicyclic) bond motifs is 1. The minimum absolute atomic E-state index is 0. The van der Waals surface area contributed by atoms with E-state index in [0.29, 0.717) is 18.1 Å². The number of nitrogens with one attached hydrogen (secondary N) is 2. The molecule has 3 aromatic rings. The van der Waals surface area contributed by atoms with Gasteiger partial charge in [0.2, 0.25) is 5.89 Å². The molecule has 0 aliphatic heterocycles. The fourth-order valence-electron chi connectivity index (χ4n) is 2.21. The van der Waals surface area contributed by atoms with E-state index in [1.54, 1.807) is 4.57 Å². The van der Waals surface area contributed by atoms with Crippen molar-refractivity contribution in [3.05, 3.63) is 46.5 Å². The number of imidazole rings is 1. The second kappa shape index (κ2) is 6.76. The Balaban J connectivity index is 0.00000176. The smallest absolute Gasteiger partial charge is 0.326 e. The van der Waals surface area contributed by atoms with Crippen molar-refractivity contribution >= 4 is 23.4 Å². The van der Waals surface area contributed by atoms with Gasteiger partial charge in [-0.05, 0) is 26.1 Å². The fraction of sp³-hybridized carbons (Fsp3) is 0.357. The van der Waals surface area contributed by atoms with Gasteiger partial charge in [-0.25, -0.2) is 4.79 Å². The summed E-state index contributed by atoms with van der Waals surface area (Å²) in [5, 5.41) is 7.06. The highest BCUT2D eigenvalue weighted by atomic mass is 35.5. The van der Waals surface area contributed by atoms with E-state index in [-0.39, 0.29) is 30.7 Å². The molecular weight excluding hydrogens is 306 g/mol. The van der Waals surface area contributed by atoms with Gasteiger partial charge in [-0.2, -0.15) is 4.98 Å². The van der Waals surface area contributed by atoms with Crippen molar-refractivity contribution in [1.29, 1.82) is 0 Å². The molecule has 0 bridgehead atoms. The first-order chi connectivity index (χ1) is 10.2.